The Balaban J connectivity index is 2.26. The number of hydrogen-bond acceptors (Lipinski definition) is 4. The summed E-state index contributed by atoms with van der Waals surface area (Å²) in [5.41, 5.74) is 5.65. The zero-order valence-electron chi connectivity index (χ0n) is 9.32. The maximum atomic E-state index is 11.0. The van der Waals surface area contributed by atoms with Gasteiger partial charge < -0.3 is 10.5 Å². The highest BCUT2D eigenvalue weighted by Gasteiger charge is 2.21. The Bertz CT molecular complexity index is 229. The third-order valence-electron chi connectivity index (χ3n) is 2.65. The van der Waals surface area contributed by atoms with Crippen molar-refractivity contribution in [2.24, 2.45) is 5.73 Å². The van der Waals surface area contributed by atoms with Gasteiger partial charge in [0.1, 0.15) is 0 Å². The summed E-state index contributed by atoms with van der Waals surface area (Å²) in [6.45, 7) is 4.80. The Morgan fingerprint density at radius 3 is 3.13 bits per heavy atom. The lowest BCUT2D eigenvalue weighted by atomic mass is 10.2. The standard InChI is InChI=1S/C11H20N2O2/c1-2-15-11(14)6-4-8-13-7-3-5-10(13)9-12/h4,6,10H,2-3,5,7-9,12H2,1H3/b6-4+. The summed E-state index contributed by atoms with van der Waals surface area (Å²) < 4.78 is 4.79. The molecular formula is C11H20N2O2. The van der Waals surface area contributed by atoms with Crippen molar-refractivity contribution in [2.75, 3.05) is 26.2 Å². The van der Waals surface area contributed by atoms with Crippen LogP contribution in [0.25, 0.3) is 0 Å². The fourth-order valence-corrected chi connectivity index (χ4v) is 1.88. The van der Waals surface area contributed by atoms with Crippen molar-refractivity contribution < 1.29 is 9.53 Å². The van der Waals surface area contributed by atoms with E-state index in [2.05, 4.69) is 4.90 Å². The van der Waals surface area contributed by atoms with Gasteiger partial charge in [-0.2, -0.15) is 0 Å². The van der Waals surface area contributed by atoms with Crippen LogP contribution in [0.4, 0.5) is 0 Å². The van der Waals surface area contributed by atoms with Gasteiger partial charge in [-0.15, -0.1) is 0 Å². The molecule has 1 aliphatic rings. The molecule has 0 aromatic heterocycles. The zero-order chi connectivity index (χ0) is 11.1. The first-order valence-electron chi connectivity index (χ1n) is 5.55. The smallest absolute Gasteiger partial charge is 0.330 e. The van der Waals surface area contributed by atoms with Gasteiger partial charge in [0.15, 0.2) is 0 Å². The SMILES string of the molecule is CCOC(=O)/C=C/CN1CCCC1CN. The van der Waals surface area contributed by atoms with Crippen LogP contribution in [0.15, 0.2) is 12.2 Å². The van der Waals surface area contributed by atoms with Crippen molar-refractivity contribution in [3.05, 3.63) is 12.2 Å². The van der Waals surface area contributed by atoms with Crippen LogP contribution in [0.5, 0.6) is 0 Å². The minimum atomic E-state index is -0.263. The first-order chi connectivity index (χ1) is 7.27. The van der Waals surface area contributed by atoms with E-state index in [0.717, 1.165) is 13.1 Å². The minimum Gasteiger partial charge on any atom is -0.463 e. The molecule has 4 heteroatoms. The highest BCUT2D eigenvalue weighted by Crippen LogP contribution is 2.15. The third kappa shape index (κ3) is 4.01. The van der Waals surface area contributed by atoms with E-state index in [4.69, 9.17) is 10.5 Å². The fourth-order valence-electron chi connectivity index (χ4n) is 1.88. The lowest BCUT2D eigenvalue weighted by Crippen LogP contribution is -2.35. The second-order valence-corrected chi connectivity index (χ2v) is 3.68. The number of carbonyl (C=O) groups is 1. The maximum absolute atomic E-state index is 11.0. The lowest BCUT2D eigenvalue weighted by Gasteiger charge is -2.20. The van der Waals surface area contributed by atoms with Gasteiger partial charge in [-0.1, -0.05) is 6.08 Å². The first kappa shape index (κ1) is 12.2. The molecular weight excluding hydrogens is 192 g/mol. The van der Waals surface area contributed by atoms with E-state index in [1.54, 1.807) is 6.92 Å². The number of esters is 1. The Labute approximate surface area is 91.1 Å². The Hall–Kier alpha value is -0.870. The van der Waals surface area contributed by atoms with E-state index in [9.17, 15) is 4.79 Å². The average Bonchev–Trinajstić information content (AvgIpc) is 2.66. The van der Waals surface area contributed by atoms with Crippen LogP contribution in [0.1, 0.15) is 19.8 Å². The summed E-state index contributed by atoms with van der Waals surface area (Å²) >= 11 is 0. The molecule has 0 aromatic rings. The normalized spacial score (nSPS) is 22.4. The molecule has 1 fully saturated rings. The van der Waals surface area contributed by atoms with Gasteiger partial charge >= 0.3 is 5.97 Å². The van der Waals surface area contributed by atoms with Crippen LogP contribution in [0, 0.1) is 0 Å². The molecule has 0 saturated carbocycles. The molecule has 1 aliphatic heterocycles. The van der Waals surface area contributed by atoms with Gasteiger partial charge in [0.05, 0.1) is 6.61 Å². The topological polar surface area (TPSA) is 55.6 Å². The summed E-state index contributed by atoms with van der Waals surface area (Å²) in [7, 11) is 0. The van der Waals surface area contributed by atoms with E-state index in [1.165, 1.54) is 18.9 Å². The van der Waals surface area contributed by atoms with E-state index in [-0.39, 0.29) is 5.97 Å². The molecule has 0 spiro atoms. The third-order valence-corrected chi connectivity index (χ3v) is 2.65. The molecule has 0 amide bonds. The van der Waals surface area contributed by atoms with Gasteiger partial charge in [0, 0.05) is 25.2 Å². The molecule has 0 radical (unpaired) electrons. The van der Waals surface area contributed by atoms with Crippen molar-refractivity contribution in [3.63, 3.8) is 0 Å². The van der Waals surface area contributed by atoms with Crippen LogP contribution in [-0.2, 0) is 9.53 Å². The summed E-state index contributed by atoms with van der Waals surface area (Å²) in [5.74, 6) is -0.263. The molecule has 2 N–H and O–H groups in total. The number of likely N-dealkylation sites (tertiary alicyclic amines) is 1. The molecule has 1 saturated heterocycles. The predicted molar refractivity (Wildman–Crippen MR) is 59.4 cm³/mol. The Kier molecular flexibility index (Phi) is 5.36. The van der Waals surface area contributed by atoms with Crippen molar-refractivity contribution >= 4 is 5.97 Å². The predicted octanol–water partition coefficient (Wildman–Crippen LogP) is 0.529. The molecule has 0 aromatic carbocycles. The fraction of sp³-hybridized carbons (Fsp3) is 0.727. The van der Waals surface area contributed by atoms with Gasteiger partial charge in [-0.05, 0) is 26.3 Å². The van der Waals surface area contributed by atoms with Crippen LogP contribution >= 0.6 is 0 Å². The maximum Gasteiger partial charge on any atom is 0.330 e. The molecule has 1 atom stereocenters. The van der Waals surface area contributed by atoms with E-state index < -0.39 is 0 Å². The Morgan fingerprint density at radius 2 is 2.47 bits per heavy atom. The number of hydrogen-bond donors (Lipinski definition) is 1. The number of nitrogens with zero attached hydrogens (tertiary/aromatic N) is 1. The summed E-state index contributed by atoms with van der Waals surface area (Å²) in [6.07, 6.45) is 5.72. The van der Waals surface area contributed by atoms with Gasteiger partial charge in [0.25, 0.3) is 0 Å². The van der Waals surface area contributed by atoms with E-state index >= 15 is 0 Å². The number of rotatable bonds is 5. The van der Waals surface area contributed by atoms with Gasteiger partial charge in [0.2, 0.25) is 0 Å². The Morgan fingerprint density at radius 1 is 1.67 bits per heavy atom. The zero-order valence-corrected chi connectivity index (χ0v) is 9.32. The molecule has 1 rings (SSSR count). The van der Waals surface area contributed by atoms with Gasteiger partial charge in [-0.3, -0.25) is 4.90 Å². The summed E-state index contributed by atoms with van der Waals surface area (Å²) in [4.78, 5) is 13.3. The van der Waals surface area contributed by atoms with Crippen molar-refractivity contribution in [2.45, 2.75) is 25.8 Å². The highest BCUT2D eigenvalue weighted by molar-refractivity contribution is 5.81. The lowest BCUT2D eigenvalue weighted by molar-refractivity contribution is -0.137. The van der Waals surface area contributed by atoms with Crippen molar-refractivity contribution in [1.82, 2.24) is 4.90 Å². The monoisotopic (exact) mass is 212 g/mol. The number of carbonyl (C=O) groups excluding carboxylic acids is 1. The minimum absolute atomic E-state index is 0.263. The summed E-state index contributed by atoms with van der Waals surface area (Å²) in [6, 6.07) is 0.483. The van der Waals surface area contributed by atoms with Crippen LogP contribution < -0.4 is 5.73 Å². The first-order valence-corrected chi connectivity index (χ1v) is 5.55. The highest BCUT2D eigenvalue weighted by atomic mass is 16.5. The molecule has 4 nitrogen and oxygen atoms in total. The average molecular weight is 212 g/mol. The molecule has 1 heterocycles. The molecule has 0 aliphatic carbocycles. The second kappa shape index (κ2) is 6.58. The molecule has 1 unspecified atom stereocenters. The summed E-state index contributed by atoms with van der Waals surface area (Å²) in [5, 5.41) is 0. The number of nitrogens with two attached hydrogens (primary N) is 1. The van der Waals surface area contributed by atoms with Crippen molar-refractivity contribution in [3.8, 4) is 0 Å². The largest absolute Gasteiger partial charge is 0.463 e. The van der Waals surface area contributed by atoms with Crippen LogP contribution in [-0.4, -0.2) is 43.2 Å². The molecule has 15 heavy (non-hydrogen) atoms. The number of ether oxygens (including phenoxy) is 1. The van der Waals surface area contributed by atoms with Crippen LogP contribution in [0.3, 0.4) is 0 Å². The van der Waals surface area contributed by atoms with Crippen molar-refractivity contribution in [1.29, 1.82) is 0 Å². The van der Waals surface area contributed by atoms with Crippen LogP contribution in [0.2, 0.25) is 0 Å². The molecule has 86 valence electrons. The molecule has 0 bridgehead atoms. The quantitative estimate of drug-likeness (QED) is 0.533. The second-order valence-electron chi connectivity index (χ2n) is 3.68. The van der Waals surface area contributed by atoms with E-state index in [1.807, 2.05) is 6.08 Å². The van der Waals surface area contributed by atoms with Gasteiger partial charge in [-0.25, -0.2) is 4.79 Å². The van der Waals surface area contributed by atoms with E-state index in [0.29, 0.717) is 19.2 Å².